The number of hydrogen-bond acceptors (Lipinski definition) is 4. The molecule has 2 N–H and O–H groups in total. The Hall–Kier alpha value is -0.940. The fourth-order valence-corrected chi connectivity index (χ4v) is 3.50. The topological polar surface area (TPSA) is 59.2 Å². The molecule has 1 aliphatic heterocycles. The van der Waals surface area contributed by atoms with Gasteiger partial charge in [-0.3, -0.25) is 4.79 Å². The van der Waals surface area contributed by atoms with Crippen LogP contribution < -0.4 is 5.73 Å². The fraction of sp³-hybridized carbons (Fsp3) is 0.692. The third kappa shape index (κ3) is 2.42. The van der Waals surface area contributed by atoms with Crippen molar-refractivity contribution >= 4 is 17.2 Å². The Morgan fingerprint density at radius 2 is 2.33 bits per heavy atom. The number of likely N-dealkylation sites (tertiary alicyclic amines) is 1. The van der Waals surface area contributed by atoms with Crippen LogP contribution in [-0.2, 0) is 4.79 Å². The van der Waals surface area contributed by atoms with Crippen molar-refractivity contribution in [1.29, 1.82) is 0 Å². The van der Waals surface area contributed by atoms with Gasteiger partial charge in [0, 0.05) is 36.0 Å². The molecule has 1 aromatic heterocycles. The summed E-state index contributed by atoms with van der Waals surface area (Å²) in [5.41, 5.74) is 6.12. The van der Waals surface area contributed by atoms with Crippen LogP contribution in [-0.4, -0.2) is 28.4 Å². The Kier molecular flexibility index (Phi) is 4.02. The highest BCUT2D eigenvalue weighted by Crippen LogP contribution is 2.36. The number of carbonyl (C=O) groups excluding carboxylic acids is 1. The molecule has 2 heterocycles. The average Bonchev–Trinajstić information content (AvgIpc) is 2.86. The molecule has 0 bridgehead atoms. The van der Waals surface area contributed by atoms with Crippen LogP contribution in [0.5, 0.6) is 0 Å². The van der Waals surface area contributed by atoms with Crippen molar-refractivity contribution in [3.63, 3.8) is 0 Å². The van der Waals surface area contributed by atoms with Crippen molar-refractivity contribution in [2.75, 3.05) is 6.54 Å². The first-order valence-electron chi connectivity index (χ1n) is 6.55. The van der Waals surface area contributed by atoms with Crippen molar-refractivity contribution < 1.29 is 4.79 Å². The zero-order valence-electron chi connectivity index (χ0n) is 11.2. The maximum Gasteiger partial charge on any atom is 0.224 e. The quantitative estimate of drug-likeness (QED) is 0.910. The number of amides is 1. The predicted octanol–water partition coefficient (Wildman–Crippen LogP) is 2.28. The minimum absolute atomic E-state index is 0.0300. The van der Waals surface area contributed by atoms with E-state index in [1.54, 1.807) is 11.3 Å². The van der Waals surface area contributed by atoms with Gasteiger partial charge in [0.25, 0.3) is 0 Å². The van der Waals surface area contributed by atoms with E-state index in [4.69, 9.17) is 5.73 Å². The predicted molar refractivity (Wildman–Crippen MR) is 73.5 cm³/mol. The normalized spacial score (nSPS) is 24.3. The van der Waals surface area contributed by atoms with Crippen molar-refractivity contribution in [2.45, 2.75) is 51.6 Å². The van der Waals surface area contributed by atoms with E-state index < -0.39 is 0 Å². The lowest BCUT2D eigenvalue weighted by molar-refractivity contribution is -0.129. The van der Waals surface area contributed by atoms with E-state index in [1.807, 2.05) is 11.1 Å². The van der Waals surface area contributed by atoms with Crippen LogP contribution in [0.3, 0.4) is 0 Å². The maximum absolute atomic E-state index is 11.9. The Morgan fingerprint density at radius 1 is 1.61 bits per heavy atom. The third-order valence-electron chi connectivity index (χ3n) is 3.26. The Labute approximate surface area is 112 Å². The van der Waals surface area contributed by atoms with Gasteiger partial charge in [0.05, 0.1) is 11.0 Å². The smallest absolute Gasteiger partial charge is 0.224 e. The van der Waals surface area contributed by atoms with Gasteiger partial charge in [-0.2, -0.15) is 0 Å². The number of nitrogens with two attached hydrogens (primary N) is 1. The van der Waals surface area contributed by atoms with Crippen LogP contribution in [0.15, 0.2) is 6.20 Å². The fourth-order valence-electron chi connectivity index (χ4n) is 2.39. The second kappa shape index (κ2) is 5.36. The van der Waals surface area contributed by atoms with Crippen LogP contribution in [0.1, 0.15) is 55.5 Å². The molecule has 100 valence electrons. The van der Waals surface area contributed by atoms with Crippen molar-refractivity contribution in [3.8, 4) is 0 Å². The molecule has 1 amide bonds. The molecular weight excluding hydrogens is 246 g/mol. The van der Waals surface area contributed by atoms with E-state index in [1.165, 1.54) is 0 Å². The van der Waals surface area contributed by atoms with Crippen LogP contribution >= 0.6 is 11.3 Å². The summed E-state index contributed by atoms with van der Waals surface area (Å²) in [4.78, 5) is 19.4. The SMILES string of the molecule is CCCN1C(=O)CC(N)C1c1cnc(C(C)C)s1. The Bertz CT molecular complexity index is 430. The van der Waals surface area contributed by atoms with E-state index in [0.717, 1.165) is 22.9 Å². The maximum atomic E-state index is 11.9. The molecule has 1 aromatic rings. The summed E-state index contributed by atoms with van der Waals surface area (Å²) in [7, 11) is 0. The molecule has 0 aromatic carbocycles. The van der Waals surface area contributed by atoms with Crippen LogP contribution in [0.25, 0.3) is 0 Å². The van der Waals surface area contributed by atoms with Crippen molar-refractivity contribution in [3.05, 3.63) is 16.1 Å². The summed E-state index contributed by atoms with van der Waals surface area (Å²) in [5, 5.41) is 1.12. The number of carbonyl (C=O) groups is 1. The first kappa shape index (κ1) is 13.5. The third-order valence-corrected chi connectivity index (χ3v) is 4.63. The summed E-state index contributed by atoms with van der Waals surface area (Å²) >= 11 is 1.69. The van der Waals surface area contributed by atoms with Gasteiger partial charge >= 0.3 is 0 Å². The summed E-state index contributed by atoms with van der Waals surface area (Å²) in [5.74, 6) is 0.602. The highest BCUT2D eigenvalue weighted by Gasteiger charge is 2.39. The van der Waals surface area contributed by atoms with E-state index in [9.17, 15) is 4.79 Å². The van der Waals surface area contributed by atoms with Crippen molar-refractivity contribution in [1.82, 2.24) is 9.88 Å². The van der Waals surface area contributed by atoms with E-state index in [0.29, 0.717) is 12.3 Å². The number of thiazole rings is 1. The largest absolute Gasteiger partial charge is 0.333 e. The van der Waals surface area contributed by atoms with Gasteiger partial charge in [0.1, 0.15) is 0 Å². The van der Waals surface area contributed by atoms with Gasteiger partial charge in [-0.05, 0) is 6.42 Å². The second-order valence-electron chi connectivity index (χ2n) is 5.16. The first-order chi connectivity index (χ1) is 8.54. The molecule has 0 saturated carbocycles. The molecule has 0 radical (unpaired) electrons. The lowest BCUT2D eigenvalue weighted by atomic mass is 10.1. The molecule has 5 heteroatoms. The summed E-state index contributed by atoms with van der Waals surface area (Å²) in [6.45, 7) is 7.13. The van der Waals surface area contributed by atoms with Crippen molar-refractivity contribution in [2.24, 2.45) is 5.73 Å². The molecule has 2 atom stereocenters. The number of hydrogen-bond donors (Lipinski definition) is 1. The minimum atomic E-state index is -0.0930. The molecule has 1 fully saturated rings. The molecule has 2 unspecified atom stereocenters. The molecule has 2 rings (SSSR count). The minimum Gasteiger partial charge on any atom is -0.333 e. The summed E-state index contributed by atoms with van der Waals surface area (Å²) < 4.78 is 0. The van der Waals surface area contributed by atoms with Gasteiger partial charge in [0.2, 0.25) is 5.91 Å². The molecule has 1 aliphatic rings. The van der Waals surface area contributed by atoms with Gasteiger partial charge in [-0.1, -0.05) is 20.8 Å². The lowest BCUT2D eigenvalue weighted by Crippen LogP contribution is -2.33. The van der Waals surface area contributed by atoms with E-state index in [2.05, 4.69) is 25.8 Å². The average molecular weight is 267 g/mol. The molecule has 0 aliphatic carbocycles. The molecule has 4 nitrogen and oxygen atoms in total. The first-order valence-corrected chi connectivity index (χ1v) is 7.37. The zero-order valence-corrected chi connectivity index (χ0v) is 12.0. The molecule has 0 spiro atoms. The summed E-state index contributed by atoms with van der Waals surface area (Å²) in [6.07, 6.45) is 3.32. The Balaban J connectivity index is 2.25. The van der Waals surface area contributed by atoms with E-state index in [-0.39, 0.29) is 18.0 Å². The molecular formula is C13H21N3OS. The Morgan fingerprint density at radius 3 is 2.89 bits per heavy atom. The van der Waals surface area contributed by atoms with Gasteiger partial charge in [-0.25, -0.2) is 4.98 Å². The summed E-state index contributed by atoms with van der Waals surface area (Å²) in [6, 6.07) is -0.0630. The number of nitrogens with zero attached hydrogens (tertiary/aromatic N) is 2. The zero-order chi connectivity index (χ0) is 13.3. The van der Waals surface area contributed by atoms with Gasteiger partial charge < -0.3 is 10.6 Å². The highest BCUT2D eigenvalue weighted by atomic mass is 32.1. The molecule has 1 saturated heterocycles. The number of rotatable bonds is 4. The van der Waals surface area contributed by atoms with Crippen LogP contribution in [0, 0.1) is 0 Å². The van der Waals surface area contributed by atoms with E-state index >= 15 is 0 Å². The van der Waals surface area contributed by atoms with Crippen LogP contribution in [0.4, 0.5) is 0 Å². The van der Waals surface area contributed by atoms with Crippen LogP contribution in [0.2, 0.25) is 0 Å². The number of aromatic nitrogens is 1. The lowest BCUT2D eigenvalue weighted by Gasteiger charge is -2.25. The second-order valence-corrected chi connectivity index (χ2v) is 6.25. The molecule has 18 heavy (non-hydrogen) atoms. The highest BCUT2D eigenvalue weighted by molar-refractivity contribution is 7.11. The standard InChI is InChI=1S/C13H21N3OS/c1-4-5-16-11(17)6-9(14)12(16)10-7-15-13(18-10)8(2)3/h7-9,12H,4-6,14H2,1-3H3. The monoisotopic (exact) mass is 267 g/mol. The van der Waals surface area contributed by atoms with Gasteiger partial charge in [-0.15, -0.1) is 11.3 Å². The van der Waals surface area contributed by atoms with Gasteiger partial charge in [0.15, 0.2) is 0 Å².